The van der Waals surface area contributed by atoms with Crippen molar-refractivity contribution in [1.82, 2.24) is 9.80 Å². The smallest absolute Gasteiger partial charge is 0.409 e. The van der Waals surface area contributed by atoms with Crippen molar-refractivity contribution in [2.24, 2.45) is 0 Å². The molecule has 0 aromatic carbocycles. The van der Waals surface area contributed by atoms with E-state index in [-0.39, 0.29) is 11.7 Å². The molecule has 0 aromatic rings. The zero-order valence-electron chi connectivity index (χ0n) is 12.4. The summed E-state index contributed by atoms with van der Waals surface area (Å²) in [4.78, 5) is 24.8. The van der Waals surface area contributed by atoms with Crippen molar-refractivity contribution in [2.45, 2.75) is 45.6 Å². The molecule has 1 fully saturated rings. The Labute approximate surface area is 110 Å². The van der Waals surface area contributed by atoms with Gasteiger partial charge < -0.3 is 14.5 Å². The van der Waals surface area contributed by atoms with E-state index in [0.717, 1.165) is 19.4 Å². The summed E-state index contributed by atoms with van der Waals surface area (Å²) < 4.78 is 4.99. The van der Waals surface area contributed by atoms with Crippen molar-refractivity contribution in [3.05, 3.63) is 0 Å². The zero-order valence-corrected chi connectivity index (χ0v) is 12.4. The van der Waals surface area contributed by atoms with Gasteiger partial charge in [-0.05, 0) is 33.6 Å². The van der Waals surface area contributed by atoms with E-state index < -0.39 is 0 Å². The molecule has 1 heterocycles. The van der Waals surface area contributed by atoms with Crippen LogP contribution in [0.25, 0.3) is 0 Å². The second-order valence-corrected chi connectivity index (χ2v) is 5.65. The van der Waals surface area contributed by atoms with Gasteiger partial charge in [-0.25, -0.2) is 4.79 Å². The summed E-state index contributed by atoms with van der Waals surface area (Å²) in [5.74, 6) is 0.302. The number of hydrogen-bond donors (Lipinski definition) is 0. The molecule has 0 N–H and O–H groups in total. The van der Waals surface area contributed by atoms with Gasteiger partial charge in [0.15, 0.2) is 0 Å². The lowest BCUT2D eigenvalue weighted by atomic mass is 10.1. The number of likely N-dealkylation sites (tertiary alicyclic amines) is 1. The number of carbonyl (C=O) groups excluding carboxylic acids is 2. The van der Waals surface area contributed by atoms with Gasteiger partial charge in [0.25, 0.3) is 0 Å². The number of hydrogen-bond acceptors (Lipinski definition) is 3. The largest absolute Gasteiger partial charge is 0.444 e. The van der Waals surface area contributed by atoms with Gasteiger partial charge in [0.05, 0.1) is 0 Å². The molecular weight excluding hydrogens is 232 g/mol. The van der Waals surface area contributed by atoms with E-state index in [1.165, 1.54) is 11.3 Å². The van der Waals surface area contributed by atoms with E-state index in [9.17, 15) is 9.59 Å². The molecule has 5 heteroatoms. The molecule has 0 bridgehead atoms. The Bertz CT molecular complexity index is 282. The highest BCUT2D eigenvalue weighted by atomic mass is 16.6. The normalized spacial score (nSPS) is 15.7. The van der Waals surface area contributed by atoms with E-state index in [1.807, 2.05) is 27.8 Å². The Hall–Kier alpha value is -1.26. The first-order valence-electron chi connectivity index (χ1n) is 6.28. The predicted octanol–water partition coefficient (Wildman–Crippen LogP) is 2.11. The number of amides is 2. The van der Waals surface area contributed by atoms with E-state index in [2.05, 4.69) is 0 Å². The maximum Gasteiger partial charge on any atom is 0.409 e. The summed E-state index contributed by atoms with van der Waals surface area (Å²) in [5, 5.41) is 0. The van der Waals surface area contributed by atoms with Crippen molar-refractivity contribution in [1.29, 1.82) is 0 Å². The molecule has 0 aromatic heterocycles. The van der Waals surface area contributed by atoms with Crippen LogP contribution in [0.15, 0.2) is 0 Å². The van der Waals surface area contributed by atoms with Crippen molar-refractivity contribution in [3.63, 3.8) is 0 Å². The molecule has 1 aliphatic heterocycles. The van der Waals surface area contributed by atoms with Crippen LogP contribution in [0.3, 0.4) is 0 Å². The quantitative estimate of drug-likeness (QED) is 0.668. The highest BCUT2D eigenvalue weighted by Gasteiger charge is 2.16. The van der Waals surface area contributed by atoms with Gasteiger partial charge in [-0.3, -0.25) is 4.79 Å². The molecule has 1 rings (SSSR count). The Morgan fingerprint density at radius 3 is 2.06 bits per heavy atom. The molecule has 0 saturated carbocycles. The van der Waals surface area contributed by atoms with Crippen molar-refractivity contribution < 1.29 is 14.3 Å². The van der Waals surface area contributed by atoms with Crippen LogP contribution in [0, 0.1) is 0 Å². The van der Waals surface area contributed by atoms with Gasteiger partial charge in [0.2, 0.25) is 5.91 Å². The maximum atomic E-state index is 10.9. The molecule has 2 amide bonds. The van der Waals surface area contributed by atoms with Crippen LogP contribution in [0.5, 0.6) is 0 Å². The van der Waals surface area contributed by atoms with Crippen molar-refractivity contribution >= 4 is 12.0 Å². The lowest BCUT2D eigenvalue weighted by Crippen LogP contribution is -2.31. The van der Waals surface area contributed by atoms with Gasteiger partial charge in [-0.15, -0.1) is 0 Å². The van der Waals surface area contributed by atoms with Crippen molar-refractivity contribution in [2.75, 3.05) is 27.7 Å². The molecule has 1 aliphatic rings. The second-order valence-electron chi connectivity index (χ2n) is 5.65. The van der Waals surface area contributed by atoms with Crippen molar-refractivity contribution in [3.8, 4) is 0 Å². The third-order valence-corrected chi connectivity index (χ3v) is 2.32. The van der Waals surface area contributed by atoms with Gasteiger partial charge in [0, 0.05) is 34.1 Å². The first-order valence-corrected chi connectivity index (χ1v) is 6.28. The molecule has 1 saturated heterocycles. The van der Waals surface area contributed by atoms with E-state index in [0.29, 0.717) is 5.91 Å². The highest BCUT2D eigenvalue weighted by Crippen LogP contribution is 2.08. The van der Waals surface area contributed by atoms with Gasteiger partial charge in [-0.1, -0.05) is 0 Å². The SMILES string of the molecule is CN(C)C(=O)OC(C)(C)C.CN1CCCCC1=O. The first kappa shape index (κ1) is 16.7. The van der Waals surface area contributed by atoms with Gasteiger partial charge >= 0.3 is 6.09 Å². The standard InChI is InChI=1S/C7H15NO2.C6H11NO/c1-7(2,3)10-6(9)8(4)5;1-7-5-3-2-4-6(7)8/h1-5H3;2-5H2,1H3. The Balaban J connectivity index is 0.000000327. The highest BCUT2D eigenvalue weighted by molar-refractivity contribution is 5.76. The van der Waals surface area contributed by atoms with Crippen LogP contribution in [0.2, 0.25) is 0 Å². The minimum absolute atomic E-state index is 0.299. The van der Waals surface area contributed by atoms with Crippen LogP contribution < -0.4 is 0 Å². The Kier molecular flexibility index (Phi) is 6.73. The number of ether oxygens (including phenoxy) is 1. The minimum atomic E-state index is -0.388. The Morgan fingerprint density at radius 1 is 1.28 bits per heavy atom. The number of piperidine rings is 1. The predicted molar refractivity (Wildman–Crippen MR) is 71.4 cm³/mol. The fourth-order valence-corrected chi connectivity index (χ4v) is 1.29. The van der Waals surface area contributed by atoms with E-state index in [1.54, 1.807) is 19.0 Å². The second kappa shape index (κ2) is 7.24. The number of rotatable bonds is 0. The van der Waals surface area contributed by atoms with Crippen LogP contribution in [-0.2, 0) is 9.53 Å². The summed E-state index contributed by atoms with van der Waals surface area (Å²) in [7, 11) is 5.18. The first-order chi connectivity index (χ1) is 8.13. The molecule has 106 valence electrons. The van der Waals surface area contributed by atoms with Gasteiger partial charge in [0.1, 0.15) is 5.60 Å². The molecule has 0 spiro atoms. The number of nitrogens with zero attached hydrogens (tertiary/aromatic N) is 2. The molecule has 0 radical (unpaired) electrons. The molecule has 0 aliphatic carbocycles. The topological polar surface area (TPSA) is 49.9 Å². The monoisotopic (exact) mass is 258 g/mol. The van der Waals surface area contributed by atoms with Crippen LogP contribution in [0.4, 0.5) is 4.79 Å². The summed E-state index contributed by atoms with van der Waals surface area (Å²) >= 11 is 0. The molecule has 0 atom stereocenters. The summed E-state index contributed by atoms with van der Waals surface area (Å²) in [6.07, 6.45) is 2.73. The summed E-state index contributed by atoms with van der Waals surface area (Å²) in [5.41, 5.74) is -0.388. The fourth-order valence-electron chi connectivity index (χ4n) is 1.29. The third kappa shape index (κ3) is 7.92. The molecule has 18 heavy (non-hydrogen) atoms. The third-order valence-electron chi connectivity index (χ3n) is 2.32. The van der Waals surface area contributed by atoms with Crippen LogP contribution >= 0.6 is 0 Å². The van der Waals surface area contributed by atoms with Crippen LogP contribution in [0.1, 0.15) is 40.0 Å². The molecule has 5 nitrogen and oxygen atoms in total. The number of carbonyl (C=O) groups is 2. The van der Waals surface area contributed by atoms with E-state index in [4.69, 9.17) is 4.74 Å². The van der Waals surface area contributed by atoms with Crippen LogP contribution in [-0.4, -0.2) is 55.1 Å². The van der Waals surface area contributed by atoms with E-state index >= 15 is 0 Å². The summed E-state index contributed by atoms with van der Waals surface area (Å²) in [6.45, 7) is 6.48. The zero-order chi connectivity index (χ0) is 14.3. The van der Waals surface area contributed by atoms with Gasteiger partial charge in [-0.2, -0.15) is 0 Å². The Morgan fingerprint density at radius 2 is 1.83 bits per heavy atom. The average Bonchev–Trinajstić information content (AvgIpc) is 2.21. The average molecular weight is 258 g/mol. The maximum absolute atomic E-state index is 10.9. The lowest BCUT2D eigenvalue weighted by Gasteiger charge is -2.22. The molecule has 0 unspecified atom stereocenters. The lowest BCUT2D eigenvalue weighted by molar-refractivity contribution is -0.131. The molecular formula is C13H26N2O3. The minimum Gasteiger partial charge on any atom is -0.444 e. The summed E-state index contributed by atoms with van der Waals surface area (Å²) in [6, 6.07) is 0. The fraction of sp³-hybridized carbons (Fsp3) is 0.846.